The Balaban J connectivity index is 2.09. The molecule has 32 heavy (non-hydrogen) atoms. The zero-order chi connectivity index (χ0) is 23.7. The number of carboxylic acids is 1. The number of anilines is 2. The number of aryl methyl sites for hydroxylation is 2. The molecular weight excluding hydrogens is 452 g/mol. The molecule has 8 nitrogen and oxygen atoms in total. The molecule has 0 radical (unpaired) electrons. The number of carbonyl (C=O) groups excluding carboxylic acids is 1. The molecule has 0 saturated heterocycles. The third kappa shape index (κ3) is 4.92. The van der Waals surface area contributed by atoms with Crippen molar-refractivity contribution in [1.29, 1.82) is 0 Å². The molecule has 0 unspecified atom stereocenters. The van der Waals surface area contributed by atoms with Crippen molar-refractivity contribution in [3.05, 3.63) is 82.9 Å². The highest BCUT2D eigenvalue weighted by Gasteiger charge is 2.22. The first kappa shape index (κ1) is 23.3. The molecule has 0 aliphatic rings. The lowest BCUT2D eigenvalue weighted by Crippen LogP contribution is -2.25. The molecule has 0 aliphatic heterocycles. The number of carboxylic acid groups (broad SMARTS) is 1. The second-order valence-electron chi connectivity index (χ2n) is 7.29. The maximum absolute atomic E-state index is 12.9. The molecule has 0 spiro atoms. The maximum atomic E-state index is 12.9. The van der Waals surface area contributed by atoms with E-state index in [1.807, 2.05) is 6.92 Å². The first-order valence-electron chi connectivity index (χ1n) is 9.44. The predicted octanol–water partition coefficient (Wildman–Crippen LogP) is 2.58. The molecule has 0 saturated carbocycles. The van der Waals surface area contributed by atoms with E-state index in [2.05, 4.69) is 9.44 Å². The molecule has 168 valence electrons. The van der Waals surface area contributed by atoms with Gasteiger partial charge in [0.25, 0.3) is 20.0 Å². The Morgan fingerprint density at radius 2 is 1.12 bits per heavy atom. The average Bonchev–Trinajstić information content (AvgIpc) is 2.71. The second-order valence-corrected chi connectivity index (χ2v) is 10.7. The normalized spacial score (nSPS) is 11.7. The lowest BCUT2D eigenvalue weighted by atomic mass is 10.1. The van der Waals surface area contributed by atoms with Crippen molar-refractivity contribution >= 4 is 37.4 Å². The van der Waals surface area contributed by atoms with Gasteiger partial charge in [-0.15, -0.1) is 0 Å². The van der Waals surface area contributed by atoms with E-state index in [1.165, 1.54) is 37.3 Å². The first-order chi connectivity index (χ1) is 14.9. The van der Waals surface area contributed by atoms with Gasteiger partial charge in [0.2, 0.25) is 0 Å². The van der Waals surface area contributed by atoms with E-state index in [1.54, 1.807) is 31.2 Å². The number of rotatable bonds is 7. The number of aromatic carboxylic acids is 1. The molecule has 0 fully saturated rings. The molecule has 0 bridgehead atoms. The Hall–Kier alpha value is -3.37. The third-order valence-corrected chi connectivity index (χ3v) is 7.58. The molecular formula is C22H21N2O6S2-. The van der Waals surface area contributed by atoms with Gasteiger partial charge in [-0.25, -0.2) is 16.8 Å². The fourth-order valence-corrected chi connectivity index (χ4v) is 5.20. The van der Waals surface area contributed by atoms with Gasteiger partial charge in [-0.1, -0.05) is 41.5 Å². The van der Waals surface area contributed by atoms with Crippen LogP contribution in [-0.4, -0.2) is 22.8 Å². The lowest BCUT2D eigenvalue weighted by molar-refractivity contribution is -0.255. The van der Waals surface area contributed by atoms with Crippen molar-refractivity contribution in [2.75, 3.05) is 9.44 Å². The Labute approximate surface area is 187 Å². The summed E-state index contributed by atoms with van der Waals surface area (Å²) in [5.74, 6) is -1.52. The third-order valence-electron chi connectivity index (χ3n) is 4.83. The summed E-state index contributed by atoms with van der Waals surface area (Å²) in [5.41, 5.74) is 1.12. The van der Waals surface area contributed by atoms with Crippen LogP contribution in [0.25, 0.3) is 0 Å². The first-order valence-corrected chi connectivity index (χ1v) is 12.4. The van der Waals surface area contributed by atoms with Crippen molar-refractivity contribution in [2.24, 2.45) is 0 Å². The van der Waals surface area contributed by atoms with Crippen molar-refractivity contribution < 1.29 is 26.7 Å². The topological polar surface area (TPSA) is 132 Å². The van der Waals surface area contributed by atoms with Gasteiger partial charge in [-0.3, -0.25) is 9.44 Å². The van der Waals surface area contributed by atoms with Crippen molar-refractivity contribution in [3.63, 3.8) is 0 Å². The molecule has 0 heterocycles. The van der Waals surface area contributed by atoms with Gasteiger partial charge in [0.15, 0.2) is 0 Å². The van der Waals surface area contributed by atoms with Crippen LogP contribution in [-0.2, 0) is 20.0 Å². The van der Waals surface area contributed by atoms with Crippen molar-refractivity contribution in [1.82, 2.24) is 0 Å². The van der Waals surface area contributed by atoms with Gasteiger partial charge in [-0.05, 0) is 56.7 Å². The van der Waals surface area contributed by atoms with Crippen LogP contribution in [0.5, 0.6) is 0 Å². The molecule has 0 atom stereocenters. The number of carbonyl (C=O) groups is 1. The minimum Gasteiger partial charge on any atom is -0.545 e. The zero-order valence-corrected chi connectivity index (χ0v) is 19.2. The monoisotopic (exact) mass is 473 g/mol. The van der Waals surface area contributed by atoms with Crippen LogP contribution in [0.1, 0.15) is 27.0 Å². The molecule has 3 aromatic rings. The van der Waals surface area contributed by atoms with Crippen LogP contribution < -0.4 is 14.6 Å². The molecule has 10 heteroatoms. The van der Waals surface area contributed by atoms with E-state index >= 15 is 0 Å². The maximum Gasteiger partial charge on any atom is 0.261 e. The van der Waals surface area contributed by atoms with E-state index in [4.69, 9.17) is 0 Å². The van der Waals surface area contributed by atoms with E-state index < -0.39 is 26.0 Å². The molecule has 3 rings (SSSR count). The summed E-state index contributed by atoms with van der Waals surface area (Å²) >= 11 is 0. The summed E-state index contributed by atoms with van der Waals surface area (Å²) in [6.45, 7) is 4.97. The van der Waals surface area contributed by atoms with Crippen molar-refractivity contribution in [2.45, 2.75) is 30.6 Å². The van der Waals surface area contributed by atoms with Gasteiger partial charge >= 0.3 is 0 Å². The summed E-state index contributed by atoms with van der Waals surface area (Å²) in [6, 6.07) is 14.4. The quantitative estimate of drug-likeness (QED) is 0.542. The van der Waals surface area contributed by atoms with Crippen LogP contribution in [0, 0.1) is 20.8 Å². The summed E-state index contributed by atoms with van der Waals surface area (Å²) in [7, 11) is -8.22. The average molecular weight is 474 g/mol. The minimum absolute atomic E-state index is 0.00444. The van der Waals surface area contributed by atoms with Gasteiger partial charge in [0, 0.05) is 5.56 Å². The number of hydrogen-bond acceptors (Lipinski definition) is 6. The van der Waals surface area contributed by atoms with Gasteiger partial charge < -0.3 is 9.90 Å². The highest BCUT2D eigenvalue weighted by molar-refractivity contribution is 7.93. The highest BCUT2D eigenvalue weighted by atomic mass is 32.2. The van der Waals surface area contributed by atoms with Gasteiger partial charge in [-0.2, -0.15) is 0 Å². The number of sulfonamides is 2. The summed E-state index contributed by atoms with van der Waals surface area (Å²) in [6.07, 6.45) is 0. The summed E-state index contributed by atoms with van der Waals surface area (Å²) < 4.78 is 56.2. The molecule has 0 amide bonds. The summed E-state index contributed by atoms with van der Waals surface area (Å²) in [4.78, 5) is 11.4. The number of hydrogen-bond donors (Lipinski definition) is 2. The molecule has 2 N–H and O–H groups in total. The summed E-state index contributed by atoms with van der Waals surface area (Å²) in [5, 5.41) is 11.5. The minimum atomic E-state index is -4.14. The molecule has 0 aromatic heterocycles. The fourth-order valence-electron chi connectivity index (χ4n) is 2.98. The van der Waals surface area contributed by atoms with Crippen LogP contribution in [0.2, 0.25) is 0 Å². The largest absolute Gasteiger partial charge is 0.545 e. The second kappa shape index (κ2) is 8.64. The Kier molecular flexibility index (Phi) is 6.29. The lowest BCUT2D eigenvalue weighted by Gasteiger charge is -2.19. The molecule has 0 aliphatic carbocycles. The Bertz CT molecular complexity index is 1380. The van der Waals surface area contributed by atoms with Gasteiger partial charge in [0.1, 0.15) is 0 Å². The number of nitrogens with one attached hydrogen (secondary N) is 2. The van der Waals surface area contributed by atoms with E-state index in [0.717, 1.165) is 17.2 Å². The standard InChI is InChI=1S/C22H22N2O6S2/c1-14-4-8-17(9-5-14)31(27,28)23-20-13-12-19(22(25)26)16(3)21(20)24-32(29,30)18-10-6-15(2)7-11-18/h4-13,23-24H,1-3H3,(H,25,26)/p-1. The Morgan fingerprint density at radius 1 is 0.688 bits per heavy atom. The predicted molar refractivity (Wildman–Crippen MR) is 119 cm³/mol. The van der Waals surface area contributed by atoms with E-state index in [9.17, 15) is 26.7 Å². The Morgan fingerprint density at radius 3 is 1.56 bits per heavy atom. The fraction of sp³-hybridized carbons (Fsp3) is 0.136. The SMILES string of the molecule is Cc1ccc(S(=O)(=O)Nc2ccc(C(=O)[O-])c(C)c2NS(=O)(=O)c2ccc(C)cc2)cc1. The highest BCUT2D eigenvalue weighted by Crippen LogP contribution is 2.32. The van der Waals surface area contributed by atoms with Crippen LogP contribution in [0.3, 0.4) is 0 Å². The zero-order valence-electron chi connectivity index (χ0n) is 17.5. The van der Waals surface area contributed by atoms with Crippen molar-refractivity contribution in [3.8, 4) is 0 Å². The van der Waals surface area contributed by atoms with E-state index in [0.29, 0.717) is 0 Å². The smallest absolute Gasteiger partial charge is 0.261 e. The van der Waals surface area contributed by atoms with Crippen LogP contribution in [0.4, 0.5) is 11.4 Å². The van der Waals surface area contributed by atoms with Crippen LogP contribution in [0.15, 0.2) is 70.5 Å². The number of benzene rings is 3. The van der Waals surface area contributed by atoms with Gasteiger partial charge in [0.05, 0.1) is 27.1 Å². The van der Waals surface area contributed by atoms with Crippen LogP contribution >= 0.6 is 0 Å². The molecule has 3 aromatic carbocycles. The van der Waals surface area contributed by atoms with E-state index in [-0.39, 0.29) is 32.3 Å².